The summed E-state index contributed by atoms with van der Waals surface area (Å²) in [7, 11) is 9.17. The molecule has 0 fully saturated rings. The highest BCUT2D eigenvalue weighted by Crippen LogP contribution is 2.40. The molecule has 176 valence electrons. The van der Waals surface area contributed by atoms with Gasteiger partial charge < -0.3 is 29.4 Å². The van der Waals surface area contributed by atoms with Crippen LogP contribution < -0.4 is 19.5 Å². The number of nitrogens with zero attached hydrogens (tertiary/aromatic N) is 2. The number of fused-ring (bicyclic) bond motifs is 6. The Morgan fingerprint density at radius 3 is 2.29 bits per heavy atom. The first-order valence-corrected chi connectivity index (χ1v) is 11.4. The van der Waals surface area contributed by atoms with Gasteiger partial charge in [-0.1, -0.05) is 0 Å². The highest BCUT2D eigenvalue weighted by molar-refractivity contribution is 6.19. The smallest absolute Gasteiger partial charge is 0.162 e. The average molecular weight is 459 g/mol. The van der Waals surface area contributed by atoms with Crippen LogP contribution in [0.2, 0.25) is 0 Å². The van der Waals surface area contributed by atoms with Crippen molar-refractivity contribution in [3.63, 3.8) is 0 Å². The van der Waals surface area contributed by atoms with Crippen LogP contribution in [0.5, 0.6) is 17.2 Å². The SMILES string of the molecule is COc1ccc2[nH]c3cc4c(cc3c2c1)c(NCCCN(C)C)nc1cc(OC)c(OC)cc14. The van der Waals surface area contributed by atoms with E-state index in [1.165, 1.54) is 0 Å². The van der Waals surface area contributed by atoms with Crippen LogP contribution in [0.4, 0.5) is 5.82 Å². The zero-order valence-corrected chi connectivity index (χ0v) is 20.3. The van der Waals surface area contributed by atoms with E-state index >= 15 is 0 Å². The molecule has 5 aromatic rings. The molecule has 0 aliphatic carbocycles. The van der Waals surface area contributed by atoms with Gasteiger partial charge >= 0.3 is 0 Å². The summed E-state index contributed by atoms with van der Waals surface area (Å²) in [6.07, 6.45) is 1.02. The Kier molecular flexibility index (Phi) is 5.79. The normalized spacial score (nSPS) is 11.7. The Hall–Kier alpha value is -3.71. The van der Waals surface area contributed by atoms with Crippen molar-refractivity contribution in [2.45, 2.75) is 6.42 Å². The molecule has 2 heterocycles. The molecule has 5 rings (SSSR count). The summed E-state index contributed by atoms with van der Waals surface area (Å²) < 4.78 is 16.6. The summed E-state index contributed by atoms with van der Waals surface area (Å²) >= 11 is 0. The molecule has 0 bridgehead atoms. The van der Waals surface area contributed by atoms with Crippen LogP contribution in [-0.4, -0.2) is 63.4 Å². The number of rotatable bonds is 8. The lowest BCUT2D eigenvalue weighted by molar-refractivity contribution is 0.356. The van der Waals surface area contributed by atoms with E-state index < -0.39 is 0 Å². The second kappa shape index (κ2) is 8.91. The van der Waals surface area contributed by atoms with Crippen LogP contribution in [0, 0.1) is 0 Å². The van der Waals surface area contributed by atoms with Crippen molar-refractivity contribution in [3.8, 4) is 17.2 Å². The van der Waals surface area contributed by atoms with Crippen molar-refractivity contribution < 1.29 is 14.2 Å². The molecule has 2 N–H and O–H groups in total. The van der Waals surface area contributed by atoms with E-state index in [9.17, 15) is 0 Å². The summed E-state index contributed by atoms with van der Waals surface area (Å²) in [5, 5.41) is 9.04. The Morgan fingerprint density at radius 2 is 1.56 bits per heavy atom. The average Bonchev–Trinajstić information content (AvgIpc) is 3.21. The van der Waals surface area contributed by atoms with Gasteiger partial charge in [0, 0.05) is 45.2 Å². The molecule has 2 aromatic heterocycles. The fraction of sp³-hybridized carbons (Fsp3) is 0.296. The third kappa shape index (κ3) is 3.82. The third-order valence-corrected chi connectivity index (χ3v) is 6.30. The van der Waals surface area contributed by atoms with Gasteiger partial charge in [0.25, 0.3) is 0 Å². The molecule has 0 atom stereocenters. The maximum absolute atomic E-state index is 5.59. The van der Waals surface area contributed by atoms with Crippen molar-refractivity contribution in [1.29, 1.82) is 0 Å². The van der Waals surface area contributed by atoms with Gasteiger partial charge in [-0.3, -0.25) is 0 Å². The number of anilines is 1. The summed E-state index contributed by atoms with van der Waals surface area (Å²) in [5.41, 5.74) is 3.00. The van der Waals surface area contributed by atoms with Gasteiger partial charge in [0.2, 0.25) is 0 Å². The number of ether oxygens (including phenoxy) is 3. The van der Waals surface area contributed by atoms with Gasteiger partial charge in [-0.2, -0.15) is 0 Å². The summed E-state index contributed by atoms with van der Waals surface area (Å²) in [5.74, 6) is 3.06. The van der Waals surface area contributed by atoms with Crippen molar-refractivity contribution in [3.05, 3.63) is 42.5 Å². The molecular weight excluding hydrogens is 428 g/mol. The second-order valence-corrected chi connectivity index (χ2v) is 8.75. The van der Waals surface area contributed by atoms with Gasteiger partial charge in [0.05, 0.1) is 26.8 Å². The highest BCUT2D eigenvalue weighted by Gasteiger charge is 2.16. The van der Waals surface area contributed by atoms with Crippen LogP contribution in [0.25, 0.3) is 43.5 Å². The predicted molar refractivity (Wildman–Crippen MR) is 140 cm³/mol. The van der Waals surface area contributed by atoms with E-state index in [4.69, 9.17) is 19.2 Å². The van der Waals surface area contributed by atoms with Crippen molar-refractivity contribution in [1.82, 2.24) is 14.9 Å². The van der Waals surface area contributed by atoms with Crippen LogP contribution in [0.1, 0.15) is 6.42 Å². The standard InChI is InChI=1S/C27H30N4O3/c1-31(2)10-6-9-28-27-21-12-19-18-11-16(32-3)7-8-22(18)29-23(19)13-17(21)20-14-25(33-4)26(34-5)15-24(20)30-27/h7-8,11-15,29H,6,9-10H2,1-5H3,(H,28,30). The van der Waals surface area contributed by atoms with E-state index in [1.807, 2.05) is 18.2 Å². The minimum Gasteiger partial charge on any atom is -0.497 e. The molecule has 0 aliphatic heterocycles. The number of H-pyrrole nitrogens is 1. The number of hydrogen-bond acceptors (Lipinski definition) is 6. The third-order valence-electron chi connectivity index (χ3n) is 6.30. The second-order valence-electron chi connectivity index (χ2n) is 8.75. The number of aromatic amines is 1. The van der Waals surface area contributed by atoms with Gasteiger partial charge in [-0.05, 0) is 68.8 Å². The molecule has 7 heteroatoms. The maximum atomic E-state index is 5.59. The monoisotopic (exact) mass is 458 g/mol. The molecule has 3 aromatic carbocycles. The molecule has 0 unspecified atom stereocenters. The molecule has 0 saturated carbocycles. The fourth-order valence-electron chi connectivity index (χ4n) is 4.57. The fourth-order valence-corrected chi connectivity index (χ4v) is 4.57. The predicted octanol–water partition coefficient (Wildman–Crippen LogP) is 5.41. The molecule has 0 saturated heterocycles. The quantitative estimate of drug-likeness (QED) is 0.239. The lowest BCUT2D eigenvalue weighted by atomic mass is 10.0. The molecule has 7 nitrogen and oxygen atoms in total. The Bertz CT molecular complexity index is 1510. The minimum atomic E-state index is 0.666. The number of methoxy groups -OCH3 is 3. The number of aromatic nitrogens is 2. The summed E-state index contributed by atoms with van der Waals surface area (Å²) in [6.45, 7) is 1.84. The number of pyridine rings is 1. The van der Waals surface area contributed by atoms with E-state index in [0.717, 1.165) is 74.6 Å². The van der Waals surface area contributed by atoms with Gasteiger partial charge in [0.1, 0.15) is 11.6 Å². The van der Waals surface area contributed by atoms with Crippen LogP contribution in [-0.2, 0) is 0 Å². The van der Waals surface area contributed by atoms with Crippen molar-refractivity contribution >= 4 is 49.3 Å². The Morgan fingerprint density at radius 1 is 0.794 bits per heavy atom. The molecule has 0 amide bonds. The highest BCUT2D eigenvalue weighted by atomic mass is 16.5. The van der Waals surface area contributed by atoms with Gasteiger partial charge in [0.15, 0.2) is 11.5 Å². The molecule has 34 heavy (non-hydrogen) atoms. The lowest BCUT2D eigenvalue weighted by Gasteiger charge is -2.15. The number of benzene rings is 3. The van der Waals surface area contributed by atoms with E-state index in [0.29, 0.717) is 11.5 Å². The van der Waals surface area contributed by atoms with Crippen LogP contribution >= 0.6 is 0 Å². The minimum absolute atomic E-state index is 0.666. The zero-order valence-electron chi connectivity index (χ0n) is 20.3. The van der Waals surface area contributed by atoms with E-state index in [-0.39, 0.29) is 0 Å². The first-order chi connectivity index (χ1) is 16.5. The lowest BCUT2D eigenvalue weighted by Crippen LogP contribution is -2.16. The Balaban J connectivity index is 1.77. The summed E-state index contributed by atoms with van der Waals surface area (Å²) in [4.78, 5) is 10.8. The van der Waals surface area contributed by atoms with Crippen LogP contribution in [0.3, 0.4) is 0 Å². The topological polar surface area (TPSA) is 71.6 Å². The first-order valence-electron chi connectivity index (χ1n) is 11.4. The van der Waals surface area contributed by atoms with Gasteiger partial charge in [-0.25, -0.2) is 4.98 Å². The molecule has 0 aliphatic rings. The Labute approximate surface area is 198 Å². The number of nitrogens with one attached hydrogen (secondary N) is 2. The largest absolute Gasteiger partial charge is 0.497 e. The van der Waals surface area contributed by atoms with E-state index in [2.05, 4.69) is 53.6 Å². The van der Waals surface area contributed by atoms with Crippen LogP contribution in [0.15, 0.2) is 42.5 Å². The van der Waals surface area contributed by atoms with Gasteiger partial charge in [-0.15, -0.1) is 0 Å². The molecule has 0 spiro atoms. The zero-order chi connectivity index (χ0) is 23.8. The van der Waals surface area contributed by atoms with Crippen molar-refractivity contribution in [2.24, 2.45) is 0 Å². The van der Waals surface area contributed by atoms with Crippen molar-refractivity contribution in [2.75, 3.05) is 53.8 Å². The number of hydrogen-bond donors (Lipinski definition) is 2. The van der Waals surface area contributed by atoms with E-state index in [1.54, 1.807) is 21.3 Å². The molecule has 0 radical (unpaired) electrons. The first kappa shape index (κ1) is 22.1. The maximum Gasteiger partial charge on any atom is 0.162 e. The molecular formula is C27H30N4O3. The summed E-state index contributed by atoms with van der Waals surface area (Å²) in [6, 6.07) is 14.5.